The van der Waals surface area contributed by atoms with Gasteiger partial charge in [-0.05, 0) is 34.7 Å². The lowest BCUT2D eigenvalue weighted by atomic mass is 10.1. The predicted molar refractivity (Wildman–Crippen MR) is 98.7 cm³/mol. The van der Waals surface area contributed by atoms with E-state index >= 15 is 0 Å². The molecule has 0 saturated heterocycles. The van der Waals surface area contributed by atoms with Crippen LogP contribution in [0.1, 0.15) is 5.56 Å². The van der Waals surface area contributed by atoms with Crippen molar-refractivity contribution in [2.75, 3.05) is 11.6 Å². The number of anilines is 1. The molecule has 0 heterocycles. The summed E-state index contributed by atoms with van der Waals surface area (Å²) in [6.07, 6.45) is 2.04. The molecule has 2 nitrogen and oxygen atoms in total. The molecule has 22 heavy (non-hydrogen) atoms. The molecule has 0 radical (unpaired) electrons. The zero-order chi connectivity index (χ0) is 15.2. The minimum atomic E-state index is 0.692. The van der Waals surface area contributed by atoms with Gasteiger partial charge in [-0.15, -0.1) is 0 Å². The number of fused-ring (bicyclic) bond motifs is 1. The smallest absolute Gasteiger partial charge is 0.161 e. The standard InChI is InChI=1S/C19H18N2S/c1-22-19(20-14-15-7-3-2-4-8-15)21-18-12-11-16-9-5-6-10-17(16)13-18/h2-13H,14H2,1H3,(H,20,21). The summed E-state index contributed by atoms with van der Waals surface area (Å²) in [5.41, 5.74) is 2.29. The van der Waals surface area contributed by atoms with Gasteiger partial charge in [0.2, 0.25) is 0 Å². The Morgan fingerprint density at radius 3 is 2.41 bits per heavy atom. The van der Waals surface area contributed by atoms with Crippen LogP contribution in [-0.2, 0) is 6.54 Å². The van der Waals surface area contributed by atoms with Crippen molar-refractivity contribution in [3.63, 3.8) is 0 Å². The highest BCUT2D eigenvalue weighted by Gasteiger charge is 2.00. The molecule has 0 unspecified atom stereocenters. The monoisotopic (exact) mass is 306 g/mol. The summed E-state index contributed by atoms with van der Waals surface area (Å²) in [6.45, 7) is 0.692. The highest BCUT2D eigenvalue weighted by molar-refractivity contribution is 8.13. The predicted octanol–water partition coefficient (Wildman–Crippen LogP) is 5.17. The summed E-state index contributed by atoms with van der Waals surface area (Å²) in [5.74, 6) is 0. The zero-order valence-corrected chi connectivity index (χ0v) is 13.3. The molecule has 3 aromatic rings. The molecular formula is C19H18N2S. The highest BCUT2D eigenvalue weighted by Crippen LogP contribution is 2.20. The van der Waals surface area contributed by atoms with Gasteiger partial charge in [-0.25, -0.2) is 0 Å². The Morgan fingerprint density at radius 1 is 0.909 bits per heavy atom. The van der Waals surface area contributed by atoms with Crippen molar-refractivity contribution < 1.29 is 0 Å². The van der Waals surface area contributed by atoms with E-state index in [9.17, 15) is 0 Å². The van der Waals surface area contributed by atoms with Gasteiger partial charge in [0.25, 0.3) is 0 Å². The van der Waals surface area contributed by atoms with Gasteiger partial charge in [0.05, 0.1) is 6.54 Å². The number of benzene rings is 3. The fourth-order valence-electron chi connectivity index (χ4n) is 2.29. The van der Waals surface area contributed by atoms with E-state index in [0.717, 1.165) is 10.9 Å². The van der Waals surface area contributed by atoms with Gasteiger partial charge < -0.3 is 5.32 Å². The number of nitrogens with zero attached hydrogens (tertiary/aromatic N) is 1. The van der Waals surface area contributed by atoms with E-state index in [1.165, 1.54) is 16.3 Å². The second-order valence-corrected chi connectivity index (χ2v) is 5.79. The van der Waals surface area contributed by atoms with E-state index in [1.54, 1.807) is 11.8 Å². The first kappa shape index (κ1) is 14.7. The quantitative estimate of drug-likeness (QED) is 0.533. The van der Waals surface area contributed by atoms with Crippen LogP contribution < -0.4 is 5.32 Å². The molecule has 0 aromatic heterocycles. The van der Waals surface area contributed by atoms with E-state index in [0.29, 0.717) is 6.54 Å². The molecule has 0 bridgehead atoms. The van der Waals surface area contributed by atoms with Crippen molar-refractivity contribution in [3.8, 4) is 0 Å². The first-order valence-electron chi connectivity index (χ1n) is 7.23. The second kappa shape index (κ2) is 7.14. The number of amidine groups is 1. The maximum Gasteiger partial charge on any atom is 0.161 e. The third kappa shape index (κ3) is 3.68. The minimum Gasteiger partial charge on any atom is -0.335 e. The average Bonchev–Trinajstić information content (AvgIpc) is 2.59. The third-order valence-electron chi connectivity index (χ3n) is 3.44. The maximum absolute atomic E-state index is 4.66. The van der Waals surface area contributed by atoms with Crippen molar-refractivity contribution in [2.24, 2.45) is 4.99 Å². The zero-order valence-electron chi connectivity index (χ0n) is 12.5. The molecule has 0 saturated carbocycles. The average molecular weight is 306 g/mol. The van der Waals surface area contributed by atoms with Gasteiger partial charge in [0, 0.05) is 5.69 Å². The van der Waals surface area contributed by atoms with Crippen LogP contribution in [0.25, 0.3) is 10.8 Å². The van der Waals surface area contributed by atoms with Gasteiger partial charge in [-0.1, -0.05) is 72.4 Å². The highest BCUT2D eigenvalue weighted by atomic mass is 32.2. The van der Waals surface area contributed by atoms with Crippen molar-refractivity contribution >= 4 is 33.4 Å². The summed E-state index contributed by atoms with van der Waals surface area (Å²) >= 11 is 1.63. The van der Waals surface area contributed by atoms with Crippen LogP contribution in [-0.4, -0.2) is 11.4 Å². The summed E-state index contributed by atoms with van der Waals surface area (Å²) in [4.78, 5) is 4.66. The number of nitrogens with one attached hydrogen (secondary N) is 1. The molecule has 3 rings (SSSR count). The molecule has 0 aliphatic rings. The Hall–Kier alpha value is -2.26. The first-order valence-corrected chi connectivity index (χ1v) is 8.46. The minimum absolute atomic E-state index is 0.692. The van der Waals surface area contributed by atoms with Gasteiger partial charge in [0.1, 0.15) is 0 Å². The number of thioether (sulfide) groups is 1. The topological polar surface area (TPSA) is 24.4 Å². The van der Waals surface area contributed by atoms with Crippen molar-refractivity contribution in [1.29, 1.82) is 0 Å². The number of hydrogen-bond acceptors (Lipinski definition) is 2. The molecule has 3 heteroatoms. The normalized spacial score (nSPS) is 11.6. The molecule has 0 aliphatic heterocycles. The Kier molecular flexibility index (Phi) is 4.76. The second-order valence-electron chi connectivity index (χ2n) is 5.00. The van der Waals surface area contributed by atoms with Crippen LogP contribution in [0.15, 0.2) is 77.8 Å². The van der Waals surface area contributed by atoms with Gasteiger partial charge in [0.15, 0.2) is 5.17 Å². The van der Waals surface area contributed by atoms with E-state index in [2.05, 4.69) is 64.9 Å². The Balaban J connectivity index is 1.76. The van der Waals surface area contributed by atoms with Crippen LogP contribution in [0, 0.1) is 0 Å². The molecule has 0 aliphatic carbocycles. The van der Waals surface area contributed by atoms with E-state index < -0.39 is 0 Å². The van der Waals surface area contributed by atoms with E-state index in [-0.39, 0.29) is 0 Å². The van der Waals surface area contributed by atoms with Crippen molar-refractivity contribution in [1.82, 2.24) is 0 Å². The molecule has 0 amide bonds. The lowest BCUT2D eigenvalue weighted by Gasteiger charge is -2.09. The summed E-state index contributed by atoms with van der Waals surface area (Å²) in [6, 6.07) is 25.0. The molecule has 0 spiro atoms. The fourth-order valence-corrected chi connectivity index (χ4v) is 2.71. The van der Waals surface area contributed by atoms with Crippen LogP contribution in [0.3, 0.4) is 0 Å². The third-order valence-corrected chi connectivity index (χ3v) is 4.06. The van der Waals surface area contributed by atoms with E-state index in [4.69, 9.17) is 0 Å². The van der Waals surface area contributed by atoms with Crippen molar-refractivity contribution in [3.05, 3.63) is 78.4 Å². The Labute approximate surface area is 135 Å². The fraction of sp³-hybridized carbons (Fsp3) is 0.105. The van der Waals surface area contributed by atoms with Gasteiger partial charge in [-0.3, -0.25) is 4.99 Å². The Morgan fingerprint density at radius 2 is 1.64 bits per heavy atom. The molecular weight excluding hydrogens is 288 g/mol. The summed E-state index contributed by atoms with van der Waals surface area (Å²) in [5, 5.41) is 6.82. The number of hydrogen-bond donors (Lipinski definition) is 1. The Bertz CT molecular complexity index is 782. The SMILES string of the molecule is CSC(=NCc1ccccc1)Nc1ccc2ccccc2c1. The van der Waals surface area contributed by atoms with Crippen LogP contribution in [0.5, 0.6) is 0 Å². The molecule has 0 fully saturated rings. The largest absolute Gasteiger partial charge is 0.335 e. The molecule has 0 atom stereocenters. The lowest BCUT2D eigenvalue weighted by Crippen LogP contribution is -2.07. The van der Waals surface area contributed by atoms with Crippen molar-refractivity contribution in [2.45, 2.75) is 6.54 Å². The van der Waals surface area contributed by atoms with Crippen LogP contribution >= 0.6 is 11.8 Å². The first-order chi connectivity index (χ1) is 10.8. The van der Waals surface area contributed by atoms with E-state index in [1.807, 2.05) is 24.5 Å². The summed E-state index contributed by atoms with van der Waals surface area (Å²) in [7, 11) is 0. The number of rotatable bonds is 3. The van der Waals surface area contributed by atoms with Gasteiger partial charge in [-0.2, -0.15) is 0 Å². The lowest BCUT2D eigenvalue weighted by molar-refractivity contribution is 1.07. The molecule has 110 valence electrons. The van der Waals surface area contributed by atoms with Gasteiger partial charge >= 0.3 is 0 Å². The summed E-state index contributed by atoms with van der Waals surface area (Å²) < 4.78 is 0. The maximum atomic E-state index is 4.66. The number of aliphatic imine (C=N–C) groups is 1. The molecule has 3 aromatic carbocycles. The molecule has 1 N–H and O–H groups in total. The van der Waals surface area contributed by atoms with Crippen LogP contribution in [0.4, 0.5) is 5.69 Å². The van der Waals surface area contributed by atoms with Crippen LogP contribution in [0.2, 0.25) is 0 Å².